The van der Waals surface area contributed by atoms with Crippen molar-refractivity contribution in [2.24, 2.45) is 5.41 Å². The standard InChI is InChI=1S/C51H65ClF3N6O4PS3/c1-4-65-66(63)33-32-59-26-24-58(25-27-59)23-21-42(37-67-44-8-6-5-7-9-44)56-47-19-18-45(34-48(47)69(64)51(53,54)55)68-57-49(62)39-12-16-43(17-13-39)61-30-28-60(29-31-61)36-40-35-50(2,3)22-20-46(40)38-10-14-41(52)15-11-38/h5-19,34,42,56,63H,4,20-33,35-37H2,1-3H3,(H,57,62). The zero-order valence-electron chi connectivity index (χ0n) is 39.7. The Morgan fingerprint density at radius 3 is 2.23 bits per heavy atom. The summed E-state index contributed by atoms with van der Waals surface area (Å²) in [6.45, 7) is 16.4. The molecule has 2 heterocycles. The molecule has 0 saturated carbocycles. The lowest BCUT2D eigenvalue weighted by Gasteiger charge is -2.39. The van der Waals surface area contributed by atoms with Crippen molar-refractivity contribution in [2.45, 2.75) is 72.7 Å². The summed E-state index contributed by atoms with van der Waals surface area (Å²) >= 11 is 5.40. The molecule has 0 spiro atoms. The van der Waals surface area contributed by atoms with Gasteiger partial charge in [-0.1, -0.05) is 61.4 Å². The fourth-order valence-corrected chi connectivity index (χ4v) is 12.6. The van der Waals surface area contributed by atoms with Gasteiger partial charge in [-0.25, -0.2) is 0 Å². The molecule has 10 nitrogen and oxygen atoms in total. The first kappa shape index (κ1) is 53.8. The Morgan fingerprint density at radius 1 is 0.899 bits per heavy atom. The van der Waals surface area contributed by atoms with Gasteiger partial charge in [0.25, 0.3) is 5.91 Å². The number of piperazine rings is 2. The number of carbonyl (C=O) groups is 1. The van der Waals surface area contributed by atoms with Gasteiger partial charge in [0, 0.05) is 122 Å². The molecule has 69 heavy (non-hydrogen) atoms. The lowest BCUT2D eigenvalue weighted by Crippen LogP contribution is -2.47. The number of allylic oxidation sites excluding steroid dienone is 1. The summed E-state index contributed by atoms with van der Waals surface area (Å²) < 4.78 is 63.8. The minimum Gasteiger partial charge on any atom is -0.604 e. The maximum absolute atomic E-state index is 14.2. The third kappa shape index (κ3) is 16.3. The van der Waals surface area contributed by atoms with Gasteiger partial charge in [0.15, 0.2) is 13.3 Å². The van der Waals surface area contributed by atoms with Crippen LogP contribution >= 0.6 is 43.7 Å². The molecule has 0 aromatic heterocycles. The van der Waals surface area contributed by atoms with Crippen molar-refractivity contribution in [3.63, 3.8) is 0 Å². The molecule has 1 aliphatic carbocycles. The SMILES string of the molecule is CCOP(O)CCN1CCN(CCC(CSc2ccccc2)Nc2ccc(SNC(=O)c3ccc(N4CCN(CC5=C(c6ccc(Cl)cc6)CCC(C)(C)C5)CC4)cc3)cc2[S+]([O-])C(F)(F)F)CC1. The molecule has 3 atom stereocenters. The Labute approximate surface area is 424 Å². The van der Waals surface area contributed by atoms with Gasteiger partial charge >= 0.3 is 5.51 Å². The van der Waals surface area contributed by atoms with Crippen LogP contribution in [0.3, 0.4) is 0 Å². The summed E-state index contributed by atoms with van der Waals surface area (Å²) in [5.41, 5.74) is 1.09. The van der Waals surface area contributed by atoms with E-state index in [4.69, 9.17) is 16.1 Å². The number of amides is 1. The van der Waals surface area contributed by atoms with Gasteiger partial charge in [-0.05, 0) is 122 Å². The first-order valence-corrected chi connectivity index (χ1v) is 28.5. The second kappa shape index (κ2) is 25.6. The van der Waals surface area contributed by atoms with Crippen LogP contribution in [0.15, 0.2) is 117 Å². The first-order valence-electron chi connectivity index (χ1n) is 23.7. The van der Waals surface area contributed by atoms with Crippen LogP contribution < -0.4 is 14.9 Å². The minimum absolute atomic E-state index is 0.147. The summed E-state index contributed by atoms with van der Waals surface area (Å²) in [5, 5.41) is 4.09. The number of alkyl halides is 3. The molecular formula is C51H65ClF3N6O4PS3. The number of nitrogens with zero attached hydrogens (tertiary/aromatic N) is 4. The zero-order valence-corrected chi connectivity index (χ0v) is 43.8. The van der Waals surface area contributed by atoms with E-state index in [1.165, 1.54) is 28.8 Å². The Bertz CT molecular complexity index is 2290. The lowest BCUT2D eigenvalue weighted by molar-refractivity contribution is -0.0435. The Balaban J connectivity index is 0.942. The molecule has 7 rings (SSSR count). The second-order valence-electron chi connectivity index (χ2n) is 18.6. The summed E-state index contributed by atoms with van der Waals surface area (Å²) in [6.07, 6.45) is 4.55. The second-order valence-corrected chi connectivity index (χ2v) is 23.8. The number of hydrogen-bond donors (Lipinski definition) is 3. The van der Waals surface area contributed by atoms with Crippen molar-refractivity contribution in [2.75, 3.05) is 101 Å². The topological polar surface area (TPSA) is 107 Å². The fourth-order valence-electron chi connectivity index (χ4n) is 9.10. The molecule has 3 aliphatic rings. The van der Waals surface area contributed by atoms with E-state index < -0.39 is 25.1 Å². The normalized spacial score (nSPS) is 18.8. The van der Waals surface area contributed by atoms with Crippen molar-refractivity contribution in [1.29, 1.82) is 0 Å². The Morgan fingerprint density at radius 2 is 1.57 bits per heavy atom. The van der Waals surface area contributed by atoms with Crippen molar-refractivity contribution in [3.8, 4) is 0 Å². The van der Waals surface area contributed by atoms with E-state index in [9.17, 15) is 27.4 Å². The molecule has 0 radical (unpaired) electrons. The molecule has 3 unspecified atom stereocenters. The number of anilines is 2. The molecule has 4 aromatic carbocycles. The van der Waals surface area contributed by atoms with E-state index in [-0.39, 0.29) is 27.9 Å². The third-order valence-corrected chi connectivity index (χ3v) is 17.5. The number of nitrogens with one attached hydrogen (secondary N) is 2. The van der Waals surface area contributed by atoms with Gasteiger partial charge in [-0.2, -0.15) is 0 Å². The molecule has 3 N–H and O–H groups in total. The maximum Gasteiger partial charge on any atom is 0.578 e. The molecule has 2 saturated heterocycles. The van der Waals surface area contributed by atoms with Crippen molar-refractivity contribution < 1.29 is 31.9 Å². The average molecular weight is 1050 g/mol. The van der Waals surface area contributed by atoms with Crippen LogP contribution in [0.2, 0.25) is 5.02 Å². The van der Waals surface area contributed by atoms with Gasteiger partial charge in [0.2, 0.25) is 0 Å². The van der Waals surface area contributed by atoms with Crippen LogP contribution in [0.1, 0.15) is 62.4 Å². The van der Waals surface area contributed by atoms with Gasteiger partial charge in [0.1, 0.15) is 11.2 Å². The summed E-state index contributed by atoms with van der Waals surface area (Å²) in [4.78, 5) is 33.9. The smallest absolute Gasteiger partial charge is 0.578 e. The molecule has 374 valence electrons. The quantitative estimate of drug-likeness (QED) is 0.0321. The monoisotopic (exact) mass is 1040 g/mol. The van der Waals surface area contributed by atoms with Crippen LogP contribution in [0.4, 0.5) is 24.5 Å². The molecule has 1 amide bonds. The van der Waals surface area contributed by atoms with E-state index in [2.05, 4.69) is 55.6 Å². The first-order chi connectivity index (χ1) is 33.1. The highest BCUT2D eigenvalue weighted by molar-refractivity contribution is 7.99. The molecular weight excluding hydrogens is 980 g/mol. The number of carbonyl (C=O) groups excluding carboxylic acids is 1. The van der Waals surface area contributed by atoms with Gasteiger partial charge in [-0.3, -0.25) is 14.4 Å². The number of benzene rings is 4. The number of hydrogen-bond acceptors (Lipinski definition) is 11. The van der Waals surface area contributed by atoms with Crippen molar-refractivity contribution >= 4 is 77.7 Å². The Kier molecular flexibility index (Phi) is 20.0. The van der Waals surface area contributed by atoms with E-state index in [0.29, 0.717) is 35.4 Å². The van der Waals surface area contributed by atoms with Gasteiger partial charge in [-0.15, -0.1) is 24.9 Å². The van der Waals surface area contributed by atoms with Crippen LogP contribution in [0.5, 0.6) is 0 Å². The van der Waals surface area contributed by atoms with E-state index >= 15 is 0 Å². The van der Waals surface area contributed by atoms with Gasteiger partial charge < -0.3 is 34.0 Å². The van der Waals surface area contributed by atoms with Gasteiger partial charge in [0.05, 0.1) is 12.3 Å². The average Bonchev–Trinajstić information content (AvgIpc) is 3.34. The summed E-state index contributed by atoms with van der Waals surface area (Å²) in [7, 11) is -1.41. The van der Waals surface area contributed by atoms with Crippen LogP contribution in [-0.4, -0.2) is 132 Å². The van der Waals surface area contributed by atoms with E-state index in [1.807, 2.05) is 61.5 Å². The van der Waals surface area contributed by atoms with E-state index in [1.54, 1.807) is 30.0 Å². The number of rotatable bonds is 21. The van der Waals surface area contributed by atoms with Crippen molar-refractivity contribution in [1.82, 2.24) is 19.4 Å². The Hall–Kier alpha value is -2.99. The zero-order chi connectivity index (χ0) is 49.0. The number of halogens is 4. The molecule has 4 aromatic rings. The lowest BCUT2D eigenvalue weighted by atomic mass is 9.73. The largest absolute Gasteiger partial charge is 0.604 e. The molecule has 18 heteroatoms. The minimum atomic E-state index is -4.99. The maximum atomic E-state index is 14.2. The molecule has 2 aliphatic heterocycles. The summed E-state index contributed by atoms with van der Waals surface area (Å²) in [5.74, 6) is 0.185. The summed E-state index contributed by atoms with van der Waals surface area (Å²) in [6, 6.07) is 29.7. The highest BCUT2D eigenvalue weighted by Gasteiger charge is 2.47. The van der Waals surface area contributed by atoms with Crippen LogP contribution in [0, 0.1) is 5.41 Å². The molecule has 2 fully saturated rings. The highest BCUT2D eigenvalue weighted by Crippen LogP contribution is 2.43. The van der Waals surface area contributed by atoms with E-state index in [0.717, 1.165) is 119 Å². The number of thioether (sulfide) groups is 1. The third-order valence-electron chi connectivity index (χ3n) is 13.0. The highest BCUT2D eigenvalue weighted by atomic mass is 35.5. The van der Waals surface area contributed by atoms with Crippen molar-refractivity contribution in [3.05, 3.63) is 119 Å². The van der Waals surface area contributed by atoms with Crippen LogP contribution in [-0.2, 0) is 15.7 Å². The molecule has 0 bridgehead atoms. The predicted molar refractivity (Wildman–Crippen MR) is 281 cm³/mol. The predicted octanol–water partition coefficient (Wildman–Crippen LogP) is 11.1. The van der Waals surface area contributed by atoms with Crippen LogP contribution in [0.25, 0.3) is 5.57 Å². The fraction of sp³-hybridized carbons (Fsp3) is 0.471.